The summed E-state index contributed by atoms with van der Waals surface area (Å²) in [5.74, 6) is -0.278. The van der Waals surface area contributed by atoms with Gasteiger partial charge in [0.25, 0.3) is 11.5 Å². The number of rotatable bonds is 4. The van der Waals surface area contributed by atoms with Crippen molar-refractivity contribution in [2.45, 2.75) is 13.5 Å². The zero-order chi connectivity index (χ0) is 18.0. The van der Waals surface area contributed by atoms with E-state index in [1.54, 1.807) is 35.5 Å². The number of para-hydroxylation sites is 1. The molecule has 3 aromatic rings. The third kappa shape index (κ3) is 3.30. The van der Waals surface area contributed by atoms with Crippen LogP contribution in [0.4, 0.5) is 5.69 Å². The van der Waals surface area contributed by atoms with Crippen molar-refractivity contribution in [1.29, 1.82) is 0 Å². The maximum atomic E-state index is 12.7. The lowest BCUT2D eigenvalue weighted by Gasteiger charge is -2.07. The Bertz CT molecular complexity index is 974. The highest BCUT2D eigenvalue weighted by Gasteiger charge is 2.19. The molecular weight excluding hydrogens is 320 g/mol. The van der Waals surface area contributed by atoms with Gasteiger partial charge in [0.15, 0.2) is 11.9 Å². The minimum absolute atomic E-state index is 0.00644. The zero-order valence-electron chi connectivity index (χ0n) is 14.0. The van der Waals surface area contributed by atoms with Crippen LogP contribution in [0.25, 0.3) is 5.69 Å². The summed E-state index contributed by atoms with van der Waals surface area (Å²) in [6.07, 6.45) is 3.11. The molecule has 0 radical (unpaired) electrons. The molecule has 0 aliphatic rings. The Kier molecular flexibility index (Phi) is 4.38. The van der Waals surface area contributed by atoms with Crippen molar-refractivity contribution in [2.75, 3.05) is 5.32 Å². The van der Waals surface area contributed by atoms with Gasteiger partial charge in [-0.15, -0.1) is 0 Å². The van der Waals surface area contributed by atoms with E-state index in [1.807, 2.05) is 30.3 Å². The summed E-state index contributed by atoms with van der Waals surface area (Å²) in [5, 5.41) is 12.1. The third-order valence-corrected chi connectivity index (χ3v) is 3.99. The van der Waals surface area contributed by atoms with Gasteiger partial charge < -0.3 is 10.4 Å². The molecule has 0 saturated heterocycles. The molecule has 0 unspecified atom stereocenters. The second-order valence-electron chi connectivity index (χ2n) is 5.72. The van der Waals surface area contributed by atoms with Gasteiger partial charge in [0.05, 0.1) is 11.4 Å². The SMILES string of the molecule is Cc1c(NC(=O)C[n+]2cccc(O)c2)c(=O)n(-c2ccccc2)n1C. The quantitative estimate of drug-likeness (QED) is 0.699. The molecule has 0 spiro atoms. The van der Waals surface area contributed by atoms with E-state index >= 15 is 0 Å². The van der Waals surface area contributed by atoms with Gasteiger partial charge in [-0.05, 0) is 25.1 Å². The van der Waals surface area contributed by atoms with E-state index in [1.165, 1.54) is 16.9 Å². The number of benzene rings is 1. The first-order chi connectivity index (χ1) is 12.0. The fourth-order valence-electron chi connectivity index (χ4n) is 2.66. The minimum Gasteiger partial charge on any atom is -0.503 e. The topological polar surface area (TPSA) is 80.1 Å². The fraction of sp³-hybridized carbons (Fsp3) is 0.167. The molecule has 0 fully saturated rings. The van der Waals surface area contributed by atoms with E-state index in [9.17, 15) is 14.7 Å². The van der Waals surface area contributed by atoms with Crippen LogP contribution in [0.15, 0.2) is 59.7 Å². The first-order valence-corrected chi connectivity index (χ1v) is 7.79. The van der Waals surface area contributed by atoms with Gasteiger partial charge in [-0.2, -0.15) is 4.57 Å². The Balaban J connectivity index is 1.88. The third-order valence-electron chi connectivity index (χ3n) is 3.99. The number of aromatic hydroxyl groups is 1. The summed E-state index contributed by atoms with van der Waals surface area (Å²) in [4.78, 5) is 25.0. The fourth-order valence-corrected chi connectivity index (χ4v) is 2.66. The molecule has 0 saturated carbocycles. The molecule has 0 bridgehead atoms. The number of hydrogen-bond acceptors (Lipinski definition) is 3. The molecule has 0 aliphatic heterocycles. The highest BCUT2D eigenvalue weighted by Crippen LogP contribution is 2.13. The Morgan fingerprint density at radius 3 is 2.60 bits per heavy atom. The maximum absolute atomic E-state index is 12.7. The van der Waals surface area contributed by atoms with E-state index in [0.717, 1.165) is 5.69 Å². The Labute approximate surface area is 144 Å². The summed E-state index contributed by atoms with van der Waals surface area (Å²) in [6, 6.07) is 12.4. The summed E-state index contributed by atoms with van der Waals surface area (Å²) in [7, 11) is 1.77. The molecule has 0 aliphatic carbocycles. The molecule has 2 N–H and O–H groups in total. The van der Waals surface area contributed by atoms with Crippen molar-refractivity contribution in [3.63, 3.8) is 0 Å². The van der Waals surface area contributed by atoms with Gasteiger partial charge >= 0.3 is 0 Å². The number of carbonyl (C=O) groups is 1. The molecule has 2 aromatic heterocycles. The molecule has 2 heterocycles. The van der Waals surface area contributed by atoms with E-state index < -0.39 is 0 Å². The van der Waals surface area contributed by atoms with Gasteiger partial charge in [0.2, 0.25) is 12.7 Å². The largest absolute Gasteiger partial charge is 0.503 e. The van der Waals surface area contributed by atoms with Gasteiger partial charge in [-0.25, -0.2) is 4.68 Å². The molecule has 1 aromatic carbocycles. The smallest absolute Gasteiger partial charge is 0.295 e. The Morgan fingerprint density at radius 2 is 1.92 bits per heavy atom. The predicted molar refractivity (Wildman–Crippen MR) is 92.7 cm³/mol. The summed E-state index contributed by atoms with van der Waals surface area (Å²) < 4.78 is 4.75. The second-order valence-corrected chi connectivity index (χ2v) is 5.72. The van der Waals surface area contributed by atoms with Crippen molar-refractivity contribution in [3.05, 3.63) is 70.9 Å². The molecule has 7 heteroatoms. The lowest BCUT2D eigenvalue weighted by atomic mass is 10.3. The lowest BCUT2D eigenvalue weighted by molar-refractivity contribution is -0.684. The second kappa shape index (κ2) is 6.64. The highest BCUT2D eigenvalue weighted by atomic mass is 16.3. The van der Waals surface area contributed by atoms with Crippen LogP contribution < -0.4 is 15.4 Å². The van der Waals surface area contributed by atoms with Crippen LogP contribution >= 0.6 is 0 Å². The van der Waals surface area contributed by atoms with E-state index in [4.69, 9.17) is 0 Å². The number of carbonyl (C=O) groups excluding carboxylic acids is 1. The minimum atomic E-state index is -0.346. The highest BCUT2D eigenvalue weighted by molar-refractivity contribution is 5.90. The van der Waals surface area contributed by atoms with Gasteiger partial charge in [0, 0.05) is 13.1 Å². The summed E-state index contributed by atoms with van der Waals surface area (Å²) in [5.41, 5.74) is 1.33. The lowest BCUT2D eigenvalue weighted by Crippen LogP contribution is -2.40. The van der Waals surface area contributed by atoms with Crippen molar-refractivity contribution in [1.82, 2.24) is 9.36 Å². The first-order valence-electron chi connectivity index (χ1n) is 7.79. The van der Waals surface area contributed by atoms with E-state index in [-0.39, 0.29) is 29.4 Å². The first kappa shape index (κ1) is 16.5. The number of nitrogens with zero attached hydrogens (tertiary/aromatic N) is 3. The normalized spacial score (nSPS) is 10.6. The van der Waals surface area contributed by atoms with Crippen LogP contribution in [0.2, 0.25) is 0 Å². The molecule has 128 valence electrons. The van der Waals surface area contributed by atoms with Crippen LogP contribution in [-0.4, -0.2) is 20.4 Å². The summed E-state index contributed by atoms with van der Waals surface area (Å²) in [6.45, 7) is 1.77. The molecule has 1 amide bonds. The van der Waals surface area contributed by atoms with Crippen molar-refractivity contribution >= 4 is 11.6 Å². The Hall–Kier alpha value is -3.35. The molecule has 0 atom stereocenters. The monoisotopic (exact) mass is 339 g/mol. The molecule has 3 rings (SSSR count). The summed E-state index contributed by atoms with van der Waals surface area (Å²) >= 11 is 0. The van der Waals surface area contributed by atoms with Crippen molar-refractivity contribution in [3.8, 4) is 11.4 Å². The van der Waals surface area contributed by atoms with Gasteiger partial charge in [-0.3, -0.25) is 14.3 Å². The molecule has 7 nitrogen and oxygen atoms in total. The van der Waals surface area contributed by atoms with Crippen molar-refractivity contribution in [2.24, 2.45) is 7.05 Å². The number of amides is 1. The van der Waals surface area contributed by atoms with Crippen LogP contribution in [0.3, 0.4) is 0 Å². The molecular formula is C18H19N4O3+. The maximum Gasteiger partial charge on any atom is 0.295 e. The van der Waals surface area contributed by atoms with Gasteiger partial charge in [0.1, 0.15) is 5.69 Å². The number of nitrogens with one attached hydrogen (secondary N) is 1. The predicted octanol–water partition coefficient (Wildman–Crippen LogP) is 1.12. The van der Waals surface area contributed by atoms with E-state index in [2.05, 4.69) is 5.32 Å². The average molecular weight is 339 g/mol. The molecule has 25 heavy (non-hydrogen) atoms. The van der Waals surface area contributed by atoms with Crippen LogP contribution in [0.1, 0.15) is 5.69 Å². The number of pyridine rings is 1. The van der Waals surface area contributed by atoms with Crippen LogP contribution in [0, 0.1) is 6.92 Å². The van der Waals surface area contributed by atoms with Gasteiger partial charge in [-0.1, -0.05) is 18.2 Å². The van der Waals surface area contributed by atoms with Crippen LogP contribution in [0.5, 0.6) is 5.75 Å². The zero-order valence-corrected chi connectivity index (χ0v) is 14.0. The number of aromatic nitrogens is 3. The van der Waals surface area contributed by atoms with E-state index in [0.29, 0.717) is 5.69 Å². The van der Waals surface area contributed by atoms with Crippen LogP contribution in [-0.2, 0) is 18.4 Å². The number of anilines is 1. The standard InChI is InChI=1S/C18H18N4O3/c1-13-17(19-16(24)12-21-10-6-9-15(23)11-21)18(25)22(20(13)2)14-7-4-3-5-8-14/h3-11H,12H2,1-2H3,(H-,19,23,24)/p+1. The van der Waals surface area contributed by atoms with Crippen molar-refractivity contribution < 1.29 is 14.5 Å². The average Bonchev–Trinajstić information content (AvgIpc) is 2.79. The Morgan fingerprint density at radius 1 is 1.20 bits per heavy atom. The number of hydrogen-bond donors (Lipinski definition) is 2.